The number of aromatic nitrogens is 1. The first kappa shape index (κ1) is 13.7. The Morgan fingerprint density at radius 1 is 1.58 bits per heavy atom. The summed E-state index contributed by atoms with van der Waals surface area (Å²) in [4.78, 5) is 16.3. The van der Waals surface area contributed by atoms with Gasteiger partial charge < -0.3 is 20.3 Å². The molecule has 6 nitrogen and oxygen atoms in total. The average Bonchev–Trinajstić information content (AvgIpc) is 2.88. The van der Waals surface area contributed by atoms with E-state index >= 15 is 0 Å². The molecule has 0 radical (unpaired) electrons. The fraction of sp³-hybridized carbons (Fsp3) is 0.615. The highest BCUT2D eigenvalue weighted by Gasteiger charge is 2.21. The van der Waals surface area contributed by atoms with Gasteiger partial charge in [-0.15, -0.1) is 0 Å². The monoisotopic (exact) mass is 264 g/mol. The third-order valence-electron chi connectivity index (χ3n) is 3.45. The van der Waals surface area contributed by atoms with Crippen molar-refractivity contribution in [1.82, 2.24) is 10.3 Å². The van der Waals surface area contributed by atoms with Gasteiger partial charge in [0.25, 0.3) is 0 Å². The van der Waals surface area contributed by atoms with E-state index in [9.17, 15) is 10.1 Å². The Morgan fingerprint density at radius 2 is 2.37 bits per heavy atom. The van der Waals surface area contributed by atoms with Gasteiger partial charge in [-0.25, -0.2) is 0 Å². The van der Waals surface area contributed by atoms with Gasteiger partial charge in [-0.1, -0.05) is 0 Å². The molecule has 1 unspecified atom stereocenters. The fourth-order valence-corrected chi connectivity index (χ4v) is 2.42. The molecule has 1 aliphatic rings. The number of nitrogens with one attached hydrogen (secondary N) is 1. The van der Waals surface area contributed by atoms with Gasteiger partial charge in [0.1, 0.15) is 0 Å². The second-order valence-electron chi connectivity index (χ2n) is 5.17. The minimum atomic E-state index is -0.470. The minimum absolute atomic E-state index is 0.105. The van der Waals surface area contributed by atoms with E-state index < -0.39 is 4.92 Å². The Morgan fingerprint density at radius 3 is 2.84 bits per heavy atom. The number of rotatable bonds is 5. The molecule has 0 spiro atoms. The summed E-state index contributed by atoms with van der Waals surface area (Å²) >= 11 is 0. The van der Waals surface area contributed by atoms with Gasteiger partial charge in [0.05, 0.1) is 5.69 Å². The second kappa shape index (κ2) is 5.97. The first-order valence-electron chi connectivity index (χ1n) is 6.68. The van der Waals surface area contributed by atoms with Crippen LogP contribution in [-0.2, 0) is 0 Å². The van der Waals surface area contributed by atoms with Gasteiger partial charge in [-0.3, -0.25) is 0 Å². The van der Waals surface area contributed by atoms with E-state index in [4.69, 9.17) is 0 Å². The van der Waals surface area contributed by atoms with Gasteiger partial charge in [0, 0.05) is 24.7 Å². The van der Waals surface area contributed by atoms with Crippen molar-refractivity contribution in [2.24, 2.45) is 0 Å². The van der Waals surface area contributed by atoms with Crippen LogP contribution in [0, 0.1) is 10.1 Å². The number of anilines is 1. The van der Waals surface area contributed by atoms with E-state index in [-0.39, 0.29) is 5.82 Å². The molecule has 104 valence electrons. The Balaban J connectivity index is 2.11. The summed E-state index contributed by atoms with van der Waals surface area (Å²) in [5.74, 6) is -0.105. The van der Waals surface area contributed by atoms with Crippen LogP contribution in [0.25, 0.3) is 0 Å². The first-order chi connectivity index (χ1) is 9.08. The van der Waals surface area contributed by atoms with Crippen molar-refractivity contribution in [2.45, 2.75) is 38.8 Å². The van der Waals surface area contributed by atoms with Crippen molar-refractivity contribution in [3.8, 4) is 0 Å². The van der Waals surface area contributed by atoms with E-state index in [1.165, 1.54) is 18.9 Å². The van der Waals surface area contributed by atoms with E-state index in [2.05, 4.69) is 29.0 Å². The molecule has 0 bridgehead atoms. The second-order valence-corrected chi connectivity index (χ2v) is 5.17. The molecule has 1 fully saturated rings. The van der Waals surface area contributed by atoms with Crippen molar-refractivity contribution >= 4 is 11.5 Å². The Labute approximate surface area is 113 Å². The molecule has 1 atom stereocenters. The van der Waals surface area contributed by atoms with Crippen molar-refractivity contribution in [3.05, 3.63) is 28.4 Å². The molecule has 1 N–H and O–H groups in total. The molecular weight excluding hydrogens is 244 g/mol. The Bertz CT molecular complexity index is 427. The van der Waals surface area contributed by atoms with Crippen LogP contribution in [0.15, 0.2) is 18.3 Å². The molecule has 2 rings (SSSR count). The van der Waals surface area contributed by atoms with Crippen LogP contribution in [0.5, 0.6) is 0 Å². The third-order valence-corrected chi connectivity index (χ3v) is 3.45. The maximum absolute atomic E-state index is 10.6. The Kier molecular flexibility index (Phi) is 4.31. The molecule has 1 aromatic rings. The zero-order chi connectivity index (χ0) is 13.8. The van der Waals surface area contributed by atoms with Crippen LogP contribution in [0.2, 0.25) is 0 Å². The number of hydrogen-bond donors (Lipinski definition) is 1. The van der Waals surface area contributed by atoms with E-state index in [0.717, 1.165) is 18.8 Å². The third kappa shape index (κ3) is 3.41. The Hall–Kier alpha value is -1.69. The van der Waals surface area contributed by atoms with Crippen LogP contribution < -0.4 is 10.2 Å². The maximum Gasteiger partial charge on any atom is 0.363 e. The number of nitro groups is 1. The van der Waals surface area contributed by atoms with Crippen LogP contribution in [0.4, 0.5) is 11.5 Å². The summed E-state index contributed by atoms with van der Waals surface area (Å²) in [6.07, 6.45) is 3.99. The zero-order valence-electron chi connectivity index (χ0n) is 11.4. The zero-order valence-corrected chi connectivity index (χ0v) is 11.4. The summed E-state index contributed by atoms with van der Waals surface area (Å²) in [5.41, 5.74) is 0.939. The summed E-state index contributed by atoms with van der Waals surface area (Å²) < 4.78 is 0. The summed E-state index contributed by atoms with van der Waals surface area (Å²) in [7, 11) is 0. The maximum atomic E-state index is 10.6. The summed E-state index contributed by atoms with van der Waals surface area (Å²) in [5, 5.41) is 14.1. The lowest BCUT2D eigenvalue weighted by atomic mass is 10.1. The molecule has 1 aliphatic heterocycles. The molecule has 1 saturated heterocycles. The number of pyridine rings is 1. The topological polar surface area (TPSA) is 71.3 Å². The van der Waals surface area contributed by atoms with Crippen molar-refractivity contribution in [3.63, 3.8) is 0 Å². The van der Waals surface area contributed by atoms with Crippen LogP contribution >= 0.6 is 0 Å². The first-order valence-corrected chi connectivity index (χ1v) is 6.68. The SMILES string of the molecule is CC(C)N(CC1CCCN1)c1ccc([N+](=O)[O-])nc1. The largest absolute Gasteiger partial charge is 0.365 e. The molecule has 19 heavy (non-hydrogen) atoms. The quantitative estimate of drug-likeness (QED) is 0.650. The predicted molar refractivity (Wildman–Crippen MR) is 74.4 cm³/mol. The summed E-state index contributed by atoms with van der Waals surface area (Å²) in [6.45, 7) is 6.24. The van der Waals surface area contributed by atoms with Gasteiger partial charge in [-0.05, 0) is 49.2 Å². The summed E-state index contributed by atoms with van der Waals surface area (Å²) in [6, 6.07) is 4.08. The lowest BCUT2D eigenvalue weighted by molar-refractivity contribution is -0.389. The van der Waals surface area contributed by atoms with Crippen LogP contribution in [0.1, 0.15) is 26.7 Å². The van der Waals surface area contributed by atoms with E-state index in [1.807, 2.05) is 0 Å². The van der Waals surface area contributed by atoms with Crippen LogP contribution in [0.3, 0.4) is 0 Å². The lowest BCUT2D eigenvalue weighted by Gasteiger charge is -2.30. The van der Waals surface area contributed by atoms with Gasteiger partial charge >= 0.3 is 5.82 Å². The fourth-order valence-electron chi connectivity index (χ4n) is 2.42. The standard InChI is InChI=1S/C13H20N4O2/c1-10(2)16(9-11-4-3-7-14-11)12-5-6-13(15-8-12)17(18)19/h5-6,8,10-11,14H,3-4,7,9H2,1-2H3. The smallest absolute Gasteiger partial charge is 0.363 e. The molecule has 2 heterocycles. The minimum Gasteiger partial charge on any atom is -0.365 e. The van der Waals surface area contributed by atoms with Crippen LogP contribution in [-0.4, -0.2) is 35.1 Å². The molecule has 0 aliphatic carbocycles. The van der Waals surface area contributed by atoms with E-state index in [1.54, 1.807) is 12.3 Å². The normalized spacial score (nSPS) is 18.8. The molecule has 1 aromatic heterocycles. The van der Waals surface area contributed by atoms with Gasteiger partial charge in [0.15, 0.2) is 6.20 Å². The lowest BCUT2D eigenvalue weighted by Crippen LogP contribution is -2.41. The van der Waals surface area contributed by atoms with Crippen molar-refractivity contribution in [2.75, 3.05) is 18.0 Å². The van der Waals surface area contributed by atoms with Gasteiger partial charge in [-0.2, -0.15) is 0 Å². The molecular formula is C13H20N4O2. The molecule has 0 amide bonds. The molecule has 6 heteroatoms. The van der Waals surface area contributed by atoms with E-state index in [0.29, 0.717) is 12.1 Å². The number of nitrogens with zero attached hydrogens (tertiary/aromatic N) is 3. The van der Waals surface area contributed by atoms with Crippen molar-refractivity contribution in [1.29, 1.82) is 0 Å². The highest BCUT2D eigenvalue weighted by molar-refractivity contribution is 5.47. The van der Waals surface area contributed by atoms with Crippen molar-refractivity contribution < 1.29 is 4.92 Å². The highest BCUT2D eigenvalue weighted by Crippen LogP contribution is 2.20. The predicted octanol–water partition coefficient (Wildman–Crippen LogP) is 1.96. The average molecular weight is 264 g/mol. The molecule has 0 saturated carbocycles. The highest BCUT2D eigenvalue weighted by atomic mass is 16.6. The molecule has 0 aromatic carbocycles. The van der Waals surface area contributed by atoms with Gasteiger partial charge in [0.2, 0.25) is 0 Å². The number of hydrogen-bond acceptors (Lipinski definition) is 5.